The van der Waals surface area contributed by atoms with Crippen molar-refractivity contribution >= 4 is 35.8 Å². The highest BCUT2D eigenvalue weighted by Crippen LogP contribution is 2.12. The van der Waals surface area contributed by atoms with E-state index in [0.717, 1.165) is 45.2 Å². The molecule has 1 atom stereocenters. The maximum atomic E-state index is 11.8. The number of amides is 1. The van der Waals surface area contributed by atoms with Crippen LogP contribution in [0.5, 0.6) is 0 Å². The number of hydrogen-bond acceptors (Lipinski definition) is 5. The summed E-state index contributed by atoms with van der Waals surface area (Å²) in [7, 11) is 1.75. The van der Waals surface area contributed by atoms with E-state index in [2.05, 4.69) is 39.7 Å². The number of furan rings is 1. The topological polar surface area (TPSA) is 91.1 Å². The van der Waals surface area contributed by atoms with Crippen molar-refractivity contribution in [3.8, 4) is 0 Å². The van der Waals surface area contributed by atoms with Gasteiger partial charge in [-0.1, -0.05) is 13.8 Å². The summed E-state index contributed by atoms with van der Waals surface area (Å²) in [5.74, 6) is 1.48. The van der Waals surface area contributed by atoms with E-state index in [-0.39, 0.29) is 29.9 Å². The average molecular weight is 507 g/mol. The third-order valence-corrected chi connectivity index (χ3v) is 4.48. The van der Waals surface area contributed by atoms with E-state index in [4.69, 9.17) is 9.15 Å². The van der Waals surface area contributed by atoms with Crippen LogP contribution in [0.3, 0.4) is 0 Å². The second-order valence-electron chi connectivity index (χ2n) is 7.04. The summed E-state index contributed by atoms with van der Waals surface area (Å²) in [6, 6.07) is 3.79. The van der Waals surface area contributed by atoms with Crippen molar-refractivity contribution in [1.29, 1.82) is 0 Å². The van der Waals surface area contributed by atoms with Crippen LogP contribution in [0, 0.1) is 5.92 Å². The van der Waals surface area contributed by atoms with Gasteiger partial charge in [-0.15, -0.1) is 24.0 Å². The lowest BCUT2D eigenvalue weighted by atomic mass is 10.0. The number of guanidine groups is 1. The van der Waals surface area contributed by atoms with Crippen molar-refractivity contribution in [2.75, 3.05) is 53.0 Å². The molecule has 1 aromatic rings. The van der Waals surface area contributed by atoms with Crippen LogP contribution in [0.1, 0.15) is 30.8 Å². The van der Waals surface area contributed by atoms with Crippen molar-refractivity contribution < 1.29 is 13.9 Å². The van der Waals surface area contributed by atoms with Gasteiger partial charge >= 0.3 is 0 Å². The third-order valence-electron chi connectivity index (χ3n) is 4.48. The predicted molar refractivity (Wildman–Crippen MR) is 121 cm³/mol. The normalized spacial score (nSPS) is 16.4. The Hall–Kier alpha value is -1.33. The van der Waals surface area contributed by atoms with Crippen LogP contribution in [0.25, 0.3) is 0 Å². The average Bonchev–Trinajstić information content (AvgIpc) is 3.21. The lowest BCUT2D eigenvalue weighted by molar-refractivity contribution is 0.0132. The summed E-state index contributed by atoms with van der Waals surface area (Å²) in [6.07, 6.45) is 2.62. The zero-order valence-corrected chi connectivity index (χ0v) is 19.4. The Morgan fingerprint density at radius 1 is 1.21 bits per heavy atom. The number of ether oxygens (including phenoxy) is 1. The fraction of sp³-hybridized carbons (Fsp3) is 0.684. The molecule has 1 aliphatic rings. The highest BCUT2D eigenvalue weighted by Gasteiger charge is 2.22. The van der Waals surface area contributed by atoms with Gasteiger partial charge in [0.1, 0.15) is 0 Å². The molecule has 160 valence electrons. The highest BCUT2D eigenvalue weighted by atomic mass is 127. The Labute approximate surface area is 184 Å². The van der Waals surface area contributed by atoms with E-state index in [1.54, 1.807) is 19.2 Å². The van der Waals surface area contributed by atoms with Gasteiger partial charge in [0.25, 0.3) is 5.91 Å². The summed E-state index contributed by atoms with van der Waals surface area (Å²) in [6.45, 7) is 9.96. The van der Waals surface area contributed by atoms with Gasteiger partial charge in [-0.2, -0.15) is 0 Å². The first kappa shape index (κ1) is 24.7. The van der Waals surface area contributed by atoms with Gasteiger partial charge in [0.2, 0.25) is 0 Å². The number of halogens is 1. The molecule has 0 radical (unpaired) electrons. The maximum absolute atomic E-state index is 11.8. The quantitative estimate of drug-likeness (QED) is 0.203. The molecule has 0 bridgehead atoms. The fourth-order valence-corrected chi connectivity index (χ4v) is 3.14. The second kappa shape index (κ2) is 13.8. The van der Waals surface area contributed by atoms with E-state index in [9.17, 15) is 4.79 Å². The largest absolute Gasteiger partial charge is 0.459 e. The molecular formula is C19H34IN5O3. The molecule has 1 aromatic heterocycles. The van der Waals surface area contributed by atoms with Crippen LogP contribution in [-0.2, 0) is 4.74 Å². The number of hydrogen-bond donors (Lipinski definition) is 3. The number of nitrogens with zero attached hydrogens (tertiary/aromatic N) is 2. The van der Waals surface area contributed by atoms with E-state index in [1.807, 2.05) is 0 Å². The van der Waals surface area contributed by atoms with Gasteiger partial charge in [0.05, 0.1) is 19.5 Å². The summed E-state index contributed by atoms with van der Waals surface area (Å²) in [4.78, 5) is 18.6. The van der Waals surface area contributed by atoms with Gasteiger partial charge in [0, 0.05) is 45.8 Å². The van der Waals surface area contributed by atoms with Crippen LogP contribution < -0.4 is 16.0 Å². The number of carbonyl (C=O) groups excluding carboxylic acids is 1. The maximum Gasteiger partial charge on any atom is 0.287 e. The number of carbonyl (C=O) groups is 1. The Morgan fingerprint density at radius 2 is 1.93 bits per heavy atom. The molecule has 9 heteroatoms. The molecule has 1 saturated heterocycles. The minimum atomic E-state index is -0.214. The Balaban J connectivity index is 0.00000392. The van der Waals surface area contributed by atoms with E-state index < -0.39 is 0 Å². The molecule has 1 fully saturated rings. The van der Waals surface area contributed by atoms with Crippen molar-refractivity contribution in [2.45, 2.75) is 26.3 Å². The molecular weight excluding hydrogens is 473 g/mol. The van der Waals surface area contributed by atoms with Gasteiger partial charge < -0.3 is 25.1 Å². The van der Waals surface area contributed by atoms with Crippen LogP contribution in [0.2, 0.25) is 0 Å². The van der Waals surface area contributed by atoms with Gasteiger partial charge in [0.15, 0.2) is 11.7 Å². The van der Waals surface area contributed by atoms with Crippen LogP contribution in [0.15, 0.2) is 27.8 Å². The Morgan fingerprint density at radius 3 is 2.54 bits per heavy atom. The molecule has 0 saturated carbocycles. The minimum Gasteiger partial charge on any atom is -0.459 e. The SMILES string of the molecule is CN=C(NCCNC(=O)c1ccco1)NCC(CC(C)C)N1CCOCC1.I. The molecule has 3 N–H and O–H groups in total. The van der Waals surface area contributed by atoms with Crippen LogP contribution >= 0.6 is 24.0 Å². The first-order chi connectivity index (χ1) is 13.1. The lowest BCUT2D eigenvalue weighted by Crippen LogP contribution is -2.51. The zero-order valence-electron chi connectivity index (χ0n) is 17.1. The lowest BCUT2D eigenvalue weighted by Gasteiger charge is -2.35. The van der Waals surface area contributed by atoms with Crippen LogP contribution in [0.4, 0.5) is 0 Å². The molecule has 0 spiro atoms. The molecule has 0 aliphatic carbocycles. The monoisotopic (exact) mass is 507 g/mol. The van der Waals surface area contributed by atoms with Crippen molar-refractivity contribution in [3.05, 3.63) is 24.2 Å². The first-order valence-corrected chi connectivity index (χ1v) is 9.68. The number of nitrogens with one attached hydrogen (secondary N) is 3. The van der Waals surface area contributed by atoms with Crippen molar-refractivity contribution in [1.82, 2.24) is 20.9 Å². The summed E-state index contributed by atoms with van der Waals surface area (Å²) >= 11 is 0. The Kier molecular flexibility index (Phi) is 12.2. The second-order valence-corrected chi connectivity index (χ2v) is 7.04. The first-order valence-electron chi connectivity index (χ1n) is 9.68. The number of morpholine rings is 1. The molecule has 1 aliphatic heterocycles. The predicted octanol–water partition coefficient (Wildman–Crippen LogP) is 1.54. The highest BCUT2D eigenvalue weighted by molar-refractivity contribution is 14.0. The fourth-order valence-electron chi connectivity index (χ4n) is 3.14. The van der Waals surface area contributed by atoms with E-state index >= 15 is 0 Å². The zero-order chi connectivity index (χ0) is 19.5. The molecule has 0 aromatic carbocycles. The molecule has 1 amide bonds. The molecule has 8 nitrogen and oxygen atoms in total. The third kappa shape index (κ3) is 8.78. The number of aliphatic imine (C=N–C) groups is 1. The molecule has 2 heterocycles. The molecule has 28 heavy (non-hydrogen) atoms. The van der Waals surface area contributed by atoms with Crippen molar-refractivity contribution in [3.63, 3.8) is 0 Å². The summed E-state index contributed by atoms with van der Waals surface area (Å²) in [5, 5.41) is 9.45. The molecule has 2 rings (SSSR count). The van der Waals surface area contributed by atoms with E-state index in [1.165, 1.54) is 6.26 Å². The Bertz CT molecular complexity index is 574. The minimum absolute atomic E-state index is 0. The summed E-state index contributed by atoms with van der Waals surface area (Å²) in [5.41, 5.74) is 0. The van der Waals surface area contributed by atoms with Gasteiger partial charge in [-0.25, -0.2) is 0 Å². The summed E-state index contributed by atoms with van der Waals surface area (Å²) < 4.78 is 10.5. The molecule has 1 unspecified atom stereocenters. The standard InChI is InChI=1S/C19H33N5O3.HI/c1-15(2)13-16(24-8-11-26-12-9-24)14-23-19(20-3)22-7-6-21-18(25)17-5-4-10-27-17;/h4-5,10,15-16H,6-9,11-14H2,1-3H3,(H,21,25)(H2,20,22,23);1H. The smallest absolute Gasteiger partial charge is 0.287 e. The van der Waals surface area contributed by atoms with Gasteiger partial charge in [-0.3, -0.25) is 14.7 Å². The van der Waals surface area contributed by atoms with E-state index in [0.29, 0.717) is 30.8 Å². The van der Waals surface area contributed by atoms with Gasteiger partial charge in [-0.05, 0) is 24.5 Å². The van der Waals surface area contributed by atoms with Crippen LogP contribution in [-0.4, -0.2) is 75.8 Å². The number of rotatable bonds is 9. The van der Waals surface area contributed by atoms with Crippen molar-refractivity contribution in [2.24, 2.45) is 10.9 Å².